The van der Waals surface area contributed by atoms with Gasteiger partial charge in [0.2, 0.25) is 5.88 Å². The van der Waals surface area contributed by atoms with Crippen molar-refractivity contribution in [2.75, 3.05) is 25.6 Å². The number of aliphatic hydroxyl groups excluding tert-OH is 1. The van der Waals surface area contributed by atoms with Gasteiger partial charge in [-0.2, -0.15) is 0 Å². The molecule has 1 heterocycles. The molecule has 0 spiro atoms. The molecule has 0 aliphatic rings. The number of hydrogen-bond acceptors (Lipinski definition) is 5. The summed E-state index contributed by atoms with van der Waals surface area (Å²) in [7, 11) is 1.57. The predicted octanol–water partition coefficient (Wildman–Crippen LogP) is 2.25. The summed E-state index contributed by atoms with van der Waals surface area (Å²) in [6.07, 6.45) is 1.06. The van der Waals surface area contributed by atoms with Gasteiger partial charge in [0.05, 0.1) is 19.0 Å². The van der Waals surface area contributed by atoms with Crippen molar-refractivity contribution in [3.8, 4) is 11.6 Å². The maximum absolute atomic E-state index is 9.91. The number of methoxy groups -OCH3 is 1. The molecule has 2 aromatic rings. The lowest BCUT2D eigenvalue weighted by molar-refractivity contribution is 0.117. The number of aryl methyl sites for hydroxylation is 1. The van der Waals surface area contributed by atoms with Crippen molar-refractivity contribution in [2.24, 2.45) is 0 Å². The Morgan fingerprint density at radius 2 is 2.14 bits per heavy atom. The largest absolute Gasteiger partial charge is 0.491 e. The zero-order valence-electron chi connectivity index (χ0n) is 12.2. The molecule has 1 aromatic heterocycles. The van der Waals surface area contributed by atoms with Crippen LogP contribution in [0.3, 0.4) is 0 Å². The highest BCUT2D eigenvalue weighted by Crippen LogP contribution is 2.13. The molecule has 2 N–H and O–H groups in total. The number of aromatic nitrogens is 1. The van der Waals surface area contributed by atoms with Crippen LogP contribution in [0.5, 0.6) is 11.6 Å². The quantitative estimate of drug-likeness (QED) is 0.818. The Labute approximate surface area is 124 Å². The maximum atomic E-state index is 9.91. The Balaban J connectivity index is 1.75. The van der Waals surface area contributed by atoms with Gasteiger partial charge in [-0.15, -0.1) is 0 Å². The fourth-order valence-electron chi connectivity index (χ4n) is 1.80. The van der Waals surface area contributed by atoms with E-state index in [1.165, 1.54) is 0 Å². The first kappa shape index (κ1) is 15.1. The van der Waals surface area contributed by atoms with Crippen LogP contribution in [0.4, 0.5) is 5.69 Å². The third-order valence-electron chi connectivity index (χ3n) is 2.92. The zero-order chi connectivity index (χ0) is 15.1. The molecule has 1 atom stereocenters. The predicted molar refractivity (Wildman–Crippen MR) is 82.0 cm³/mol. The smallest absolute Gasteiger partial charge is 0.213 e. The van der Waals surface area contributed by atoms with Crippen molar-refractivity contribution in [1.29, 1.82) is 0 Å². The molecule has 21 heavy (non-hydrogen) atoms. The van der Waals surface area contributed by atoms with E-state index in [4.69, 9.17) is 9.47 Å². The number of nitrogens with one attached hydrogen (secondary N) is 1. The van der Waals surface area contributed by atoms with Crippen LogP contribution in [0, 0.1) is 6.92 Å². The summed E-state index contributed by atoms with van der Waals surface area (Å²) in [6.45, 7) is 2.63. The minimum absolute atomic E-state index is 0.236. The van der Waals surface area contributed by atoms with E-state index >= 15 is 0 Å². The zero-order valence-corrected chi connectivity index (χ0v) is 12.2. The van der Waals surface area contributed by atoms with Crippen LogP contribution >= 0.6 is 0 Å². The van der Waals surface area contributed by atoms with E-state index in [0.29, 0.717) is 12.4 Å². The fourth-order valence-corrected chi connectivity index (χ4v) is 1.80. The van der Waals surface area contributed by atoms with Gasteiger partial charge in [0.25, 0.3) is 0 Å². The summed E-state index contributed by atoms with van der Waals surface area (Å²) in [4.78, 5) is 4.08. The number of aliphatic hydroxyl groups is 1. The van der Waals surface area contributed by atoms with Crippen LogP contribution in [-0.4, -0.2) is 36.5 Å². The highest BCUT2D eigenvalue weighted by Gasteiger charge is 2.05. The SMILES string of the molecule is COc1ccc(NCC(O)COc2cccc(C)c2)cn1. The molecule has 0 aliphatic heterocycles. The topological polar surface area (TPSA) is 63.6 Å². The molecule has 0 bridgehead atoms. The van der Waals surface area contributed by atoms with Gasteiger partial charge in [-0.3, -0.25) is 0 Å². The fraction of sp³-hybridized carbons (Fsp3) is 0.312. The summed E-state index contributed by atoms with van der Waals surface area (Å²) < 4.78 is 10.5. The standard InChI is InChI=1S/C16H20N2O3/c1-12-4-3-5-15(8-12)21-11-14(19)10-17-13-6-7-16(20-2)18-9-13/h3-9,14,17,19H,10-11H2,1-2H3. The Bertz CT molecular complexity index is 558. The lowest BCUT2D eigenvalue weighted by atomic mass is 10.2. The van der Waals surface area contributed by atoms with E-state index < -0.39 is 6.10 Å². The Kier molecular flexibility index (Phi) is 5.40. The normalized spacial score (nSPS) is 11.8. The second-order valence-corrected chi connectivity index (χ2v) is 4.75. The van der Waals surface area contributed by atoms with Crippen molar-refractivity contribution in [3.05, 3.63) is 48.2 Å². The van der Waals surface area contributed by atoms with Gasteiger partial charge in [0, 0.05) is 12.6 Å². The first-order chi connectivity index (χ1) is 10.2. The number of anilines is 1. The van der Waals surface area contributed by atoms with E-state index in [1.807, 2.05) is 37.3 Å². The molecular formula is C16H20N2O3. The van der Waals surface area contributed by atoms with Gasteiger partial charge in [-0.25, -0.2) is 4.98 Å². The van der Waals surface area contributed by atoms with Crippen molar-refractivity contribution in [1.82, 2.24) is 4.98 Å². The van der Waals surface area contributed by atoms with Crippen LogP contribution in [0.1, 0.15) is 5.56 Å². The number of hydrogen-bond donors (Lipinski definition) is 2. The molecule has 2 rings (SSSR count). The van der Waals surface area contributed by atoms with Gasteiger partial charge < -0.3 is 19.9 Å². The molecular weight excluding hydrogens is 268 g/mol. The lowest BCUT2D eigenvalue weighted by Gasteiger charge is -2.14. The minimum Gasteiger partial charge on any atom is -0.491 e. The summed E-state index contributed by atoms with van der Waals surface area (Å²) >= 11 is 0. The van der Waals surface area contributed by atoms with Gasteiger partial charge in [0.15, 0.2) is 0 Å². The second-order valence-electron chi connectivity index (χ2n) is 4.75. The van der Waals surface area contributed by atoms with E-state index in [-0.39, 0.29) is 6.61 Å². The Morgan fingerprint density at radius 3 is 2.81 bits per heavy atom. The van der Waals surface area contributed by atoms with Crippen molar-refractivity contribution in [3.63, 3.8) is 0 Å². The summed E-state index contributed by atoms with van der Waals surface area (Å²) in [5.74, 6) is 1.32. The molecule has 5 nitrogen and oxygen atoms in total. The summed E-state index contributed by atoms with van der Waals surface area (Å²) in [5.41, 5.74) is 1.95. The molecule has 112 valence electrons. The van der Waals surface area contributed by atoms with Crippen molar-refractivity contribution >= 4 is 5.69 Å². The monoisotopic (exact) mass is 288 g/mol. The van der Waals surface area contributed by atoms with Crippen LogP contribution in [0.2, 0.25) is 0 Å². The van der Waals surface area contributed by atoms with E-state index in [9.17, 15) is 5.11 Å². The molecule has 0 aliphatic carbocycles. The third kappa shape index (κ3) is 4.96. The number of benzene rings is 1. The number of pyridine rings is 1. The highest BCUT2D eigenvalue weighted by atomic mass is 16.5. The third-order valence-corrected chi connectivity index (χ3v) is 2.92. The second kappa shape index (κ2) is 7.50. The van der Waals surface area contributed by atoms with Gasteiger partial charge in [-0.1, -0.05) is 12.1 Å². The van der Waals surface area contributed by atoms with Gasteiger partial charge in [0.1, 0.15) is 18.5 Å². The number of nitrogens with zero attached hydrogens (tertiary/aromatic N) is 1. The van der Waals surface area contributed by atoms with E-state index in [0.717, 1.165) is 17.0 Å². The summed E-state index contributed by atoms with van der Waals surface area (Å²) in [5, 5.41) is 13.0. The molecule has 0 amide bonds. The number of rotatable bonds is 7. The van der Waals surface area contributed by atoms with Crippen molar-refractivity contribution in [2.45, 2.75) is 13.0 Å². The molecule has 0 saturated carbocycles. The van der Waals surface area contributed by atoms with Gasteiger partial charge in [-0.05, 0) is 30.7 Å². The van der Waals surface area contributed by atoms with E-state index in [1.54, 1.807) is 19.4 Å². The average molecular weight is 288 g/mol. The minimum atomic E-state index is -0.604. The van der Waals surface area contributed by atoms with Crippen LogP contribution < -0.4 is 14.8 Å². The van der Waals surface area contributed by atoms with Crippen LogP contribution in [-0.2, 0) is 0 Å². The van der Waals surface area contributed by atoms with Gasteiger partial charge >= 0.3 is 0 Å². The Hall–Kier alpha value is -2.27. The first-order valence-electron chi connectivity index (χ1n) is 6.79. The highest BCUT2D eigenvalue weighted by molar-refractivity contribution is 5.42. The van der Waals surface area contributed by atoms with E-state index in [2.05, 4.69) is 10.3 Å². The molecule has 1 aromatic carbocycles. The summed E-state index contributed by atoms with van der Waals surface area (Å²) in [6, 6.07) is 11.4. The van der Waals surface area contributed by atoms with Crippen LogP contribution in [0.15, 0.2) is 42.6 Å². The first-order valence-corrected chi connectivity index (χ1v) is 6.79. The lowest BCUT2D eigenvalue weighted by Crippen LogP contribution is -2.26. The van der Waals surface area contributed by atoms with Crippen molar-refractivity contribution < 1.29 is 14.6 Å². The number of ether oxygens (including phenoxy) is 2. The molecule has 0 saturated heterocycles. The maximum Gasteiger partial charge on any atom is 0.213 e. The average Bonchev–Trinajstić information content (AvgIpc) is 2.51. The molecule has 0 fully saturated rings. The van der Waals surface area contributed by atoms with Crippen LogP contribution in [0.25, 0.3) is 0 Å². The molecule has 0 radical (unpaired) electrons. The molecule has 1 unspecified atom stereocenters. The molecule has 5 heteroatoms. The Morgan fingerprint density at radius 1 is 1.29 bits per heavy atom.